The lowest BCUT2D eigenvalue weighted by atomic mass is 9.62. The monoisotopic (exact) mass is 246 g/mol. The van der Waals surface area contributed by atoms with E-state index in [-0.39, 0.29) is 16.6 Å². The molecule has 1 aliphatic carbocycles. The summed E-state index contributed by atoms with van der Waals surface area (Å²) in [6, 6.07) is 0. The first kappa shape index (κ1) is 13.6. The van der Waals surface area contributed by atoms with E-state index in [2.05, 4.69) is 12.2 Å². The molecule has 0 spiro atoms. The number of rotatable bonds is 5. The standard InChI is InChI=1S/C11H22N2O2S/c1-8-4-11(5-8,7-12)10(14)13-6-9(2)16(3)15/h8-9H,4-7,12H2,1-3H3,(H,13,14). The molecule has 0 radical (unpaired) electrons. The van der Waals surface area contributed by atoms with Crippen molar-refractivity contribution in [2.24, 2.45) is 17.1 Å². The van der Waals surface area contributed by atoms with Gasteiger partial charge in [0.05, 0.1) is 5.41 Å². The highest BCUT2D eigenvalue weighted by atomic mass is 32.2. The predicted octanol–water partition coefficient (Wildman–Crippen LogP) is 0.245. The van der Waals surface area contributed by atoms with E-state index in [9.17, 15) is 9.00 Å². The second-order valence-electron chi connectivity index (χ2n) is 5.02. The molecule has 0 aliphatic heterocycles. The number of hydrogen-bond acceptors (Lipinski definition) is 3. The molecule has 16 heavy (non-hydrogen) atoms. The number of nitrogens with one attached hydrogen (secondary N) is 1. The van der Waals surface area contributed by atoms with Crippen molar-refractivity contribution in [2.75, 3.05) is 19.3 Å². The Hall–Kier alpha value is -0.420. The molecule has 1 amide bonds. The van der Waals surface area contributed by atoms with Crippen LogP contribution in [0.4, 0.5) is 0 Å². The maximum absolute atomic E-state index is 12.0. The summed E-state index contributed by atoms with van der Waals surface area (Å²) in [4.78, 5) is 12.0. The molecule has 1 fully saturated rings. The van der Waals surface area contributed by atoms with E-state index in [0.717, 1.165) is 12.8 Å². The Bertz CT molecular complexity index is 288. The van der Waals surface area contributed by atoms with Gasteiger partial charge in [0, 0.05) is 35.4 Å². The van der Waals surface area contributed by atoms with Crippen LogP contribution in [0.2, 0.25) is 0 Å². The Kier molecular flexibility index (Phi) is 4.50. The zero-order valence-electron chi connectivity index (χ0n) is 10.3. The molecule has 1 rings (SSSR count). The molecule has 2 unspecified atom stereocenters. The number of carbonyl (C=O) groups is 1. The van der Waals surface area contributed by atoms with Gasteiger partial charge in [-0.3, -0.25) is 9.00 Å². The first-order chi connectivity index (χ1) is 7.41. The molecule has 0 bridgehead atoms. The van der Waals surface area contributed by atoms with Crippen molar-refractivity contribution in [3.05, 3.63) is 0 Å². The average molecular weight is 246 g/mol. The molecule has 1 saturated carbocycles. The molecule has 0 heterocycles. The van der Waals surface area contributed by atoms with Gasteiger partial charge in [-0.1, -0.05) is 6.92 Å². The molecule has 4 nitrogen and oxygen atoms in total. The number of carbonyl (C=O) groups excluding carboxylic acids is 1. The molecule has 3 N–H and O–H groups in total. The highest BCUT2D eigenvalue weighted by Crippen LogP contribution is 2.44. The van der Waals surface area contributed by atoms with Crippen LogP contribution in [0.25, 0.3) is 0 Å². The molecule has 0 aromatic carbocycles. The van der Waals surface area contributed by atoms with E-state index in [4.69, 9.17) is 5.73 Å². The summed E-state index contributed by atoms with van der Waals surface area (Å²) in [7, 11) is -0.892. The Morgan fingerprint density at radius 1 is 1.62 bits per heavy atom. The lowest BCUT2D eigenvalue weighted by Crippen LogP contribution is -2.54. The van der Waals surface area contributed by atoms with Crippen molar-refractivity contribution in [2.45, 2.75) is 31.9 Å². The summed E-state index contributed by atoms with van der Waals surface area (Å²) in [5, 5.41) is 2.86. The summed E-state index contributed by atoms with van der Waals surface area (Å²) in [5.41, 5.74) is 5.32. The molecule has 0 aromatic rings. The Morgan fingerprint density at radius 3 is 2.56 bits per heavy atom. The summed E-state index contributed by atoms with van der Waals surface area (Å²) in [5.74, 6) is 0.623. The minimum Gasteiger partial charge on any atom is -0.354 e. The number of hydrogen-bond donors (Lipinski definition) is 2. The minimum absolute atomic E-state index is 0.00345. The zero-order chi connectivity index (χ0) is 12.3. The fraction of sp³-hybridized carbons (Fsp3) is 0.909. The Morgan fingerprint density at radius 2 is 2.19 bits per heavy atom. The van der Waals surface area contributed by atoms with Gasteiger partial charge < -0.3 is 11.1 Å². The van der Waals surface area contributed by atoms with Gasteiger partial charge in [0.1, 0.15) is 0 Å². The number of amides is 1. The topological polar surface area (TPSA) is 72.2 Å². The zero-order valence-corrected chi connectivity index (χ0v) is 11.1. The van der Waals surface area contributed by atoms with E-state index in [1.54, 1.807) is 6.26 Å². The van der Waals surface area contributed by atoms with E-state index < -0.39 is 10.8 Å². The largest absolute Gasteiger partial charge is 0.354 e. The van der Waals surface area contributed by atoms with Gasteiger partial charge in [-0.25, -0.2) is 0 Å². The van der Waals surface area contributed by atoms with Gasteiger partial charge in [-0.2, -0.15) is 0 Å². The minimum atomic E-state index is -0.892. The second-order valence-corrected chi connectivity index (χ2v) is 6.82. The first-order valence-electron chi connectivity index (χ1n) is 5.72. The maximum atomic E-state index is 12.0. The van der Waals surface area contributed by atoms with Crippen molar-refractivity contribution in [3.8, 4) is 0 Å². The Balaban J connectivity index is 2.43. The third-order valence-electron chi connectivity index (χ3n) is 3.47. The van der Waals surface area contributed by atoms with E-state index in [1.165, 1.54) is 0 Å². The van der Waals surface area contributed by atoms with Crippen molar-refractivity contribution in [1.29, 1.82) is 0 Å². The van der Waals surface area contributed by atoms with Crippen LogP contribution in [0.3, 0.4) is 0 Å². The highest BCUT2D eigenvalue weighted by molar-refractivity contribution is 7.84. The fourth-order valence-electron chi connectivity index (χ4n) is 2.26. The van der Waals surface area contributed by atoms with Gasteiger partial charge in [0.25, 0.3) is 0 Å². The van der Waals surface area contributed by atoms with Gasteiger partial charge >= 0.3 is 0 Å². The average Bonchev–Trinajstić information content (AvgIpc) is 2.20. The van der Waals surface area contributed by atoms with E-state index in [0.29, 0.717) is 19.0 Å². The third-order valence-corrected chi connectivity index (χ3v) is 4.77. The maximum Gasteiger partial charge on any atom is 0.227 e. The molecule has 0 aromatic heterocycles. The van der Waals surface area contributed by atoms with Crippen molar-refractivity contribution in [1.82, 2.24) is 5.32 Å². The third kappa shape index (κ3) is 2.83. The molecular weight excluding hydrogens is 224 g/mol. The van der Waals surface area contributed by atoms with E-state index in [1.807, 2.05) is 6.92 Å². The second kappa shape index (κ2) is 5.27. The summed E-state index contributed by atoms with van der Waals surface area (Å²) < 4.78 is 11.1. The van der Waals surface area contributed by atoms with Crippen LogP contribution >= 0.6 is 0 Å². The van der Waals surface area contributed by atoms with Crippen molar-refractivity contribution < 1.29 is 9.00 Å². The van der Waals surface area contributed by atoms with Crippen molar-refractivity contribution in [3.63, 3.8) is 0 Å². The normalized spacial score (nSPS) is 32.6. The predicted molar refractivity (Wildman–Crippen MR) is 66.4 cm³/mol. The fourth-order valence-corrected chi connectivity index (χ4v) is 2.58. The van der Waals surface area contributed by atoms with Gasteiger partial charge in [-0.05, 0) is 25.7 Å². The van der Waals surface area contributed by atoms with Crippen LogP contribution in [0, 0.1) is 11.3 Å². The molecule has 0 saturated heterocycles. The van der Waals surface area contributed by atoms with Crippen LogP contribution < -0.4 is 11.1 Å². The smallest absolute Gasteiger partial charge is 0.227 e. The summed E-state index contributed by atoms with van der Waals surface area (Å²) >= 11 is 0. The van der Waals surface area contributed by atoms with Crippen molar-refractivity contribution >= 4 is 16.7 Å². The summed E-state index contributed by atoms with van der Waals surface area (Å²) in [6.07, 6.45) is 3.40. The van der Waals surface area contributed by atoms with Gasteiger partial charge in [0.15, 0.2) is 0 Å². The molecule has 5 heteroatoms. The van der Waals surface area contributed by atoms with Crippen LogP contribution in [0.1, 0.15) is 26.7 Å². The summed E-state index contributed by atoms with van der Waals surface area (Å²) in [6.45, 7) is 4.88. The molecule has 94 valence electrons. The van der Waals surface area contributed by atoms with Crippen LogP contribution in [0.15, 0.2) is 0 Å². The van der Waals surface area contributed by atoms with Crippen LogP contribution in [-0.4, -0.2) is 34.7 Å². The van der Waals surface area contributed by atoms with Crippen LogP contribution in [-0.2, 0) is 15.6 Å². The highest BCUT2D eigenvalue weighted by Gasteiger charge is 2.46. The quantitative estimate of drug-likeness (QED) is 0.730. The number of nitrogens with two attached hydrogens (primary N) is 1. The van der Waals surface area contributed by atoms with Gasteiger partial charge in [-0.15, -0.1) is 0 Å². The van der Waals surface area contributed by atoms with Crippen LogP contribution in [0.5, 0.6) is 0 Å². The SMILES string of the molecule is CC1CC(CN)(C(=O)NCC(C)S(C)=O)C1. The van der Waals surface area contributed by atoms with E-state index >= 15 is 0 Å². The lowest BCUT2D eigenvalue weighted by molar-refractivity contribution is -0.138. The molecule has 1 aliphatic rings. The Labute approximate surface area is 99.8 Å². The molecule has 2 atom stereocenters. The lowest BCUT2D eigenvalue weighted by Gasteiger charge is -2.44. The first-order valence-corrected chi connectivity index (χ1v) is 7.34. The molecular formula is C11H22N2O2S. The van der Waals surface area contributed by atoms with Gasteiger partial charge in [0.2, 0.25) is 5.91 Å².